The van der Waals surface area contributed by atoms with E-state index in [0.29, 0.717) is 22.8 Å². The molecule has 1 aliphatic heterocycles. The number of rotatable bonds is 6. The normalized spacial score (nSPS) is 14.1. The van der Waals surface area contributed by atoms with Crippen LogP contribution in [0.4, 0.5) is 0 Å². The maximum Gasteiger partial charge on any atom is 0.326 e. The zero-order chi connectivity index (χ0) is 24.7. The largest absolute Gasteiger partial charge is 0.858 e. The molecule has 0 bridgehead atoms. The SMILES string of the molecule is CCCN1C(=O)C(c2c(C(C)C)nn(-c3cccc(Cl)c3)c2[O-])=C([n+]2cc(C)cc(C)c2)C1=O. The zero-order valence-corrected chi connectivity index (χ0v) is 20.7. The van der Waals surface area contributed by atoms with E-state index in [1.54, 1.807) is 41.2 Å². The number of halogens is 1. The molecule has 34 heavy (non-hydrogen) atoms. The van der Waals surface area contributed by atoms with E-state index in [1.165, 1.54) is 9.58 Å². The first kappa shape index (κ1) is 23.7. The minimum absolute atomic E-state index is 0.0930. The molecule has 176 valence electrons. The number of nitrogens with zero attached hydrogens (tertiary/aromatic N) is 4. The molecule has 0 fully saturated rings. The van der Waals surface area contributed by atoms with Crippen LogP contribution in [-0.2, 0) is 9.59 Å². The molecule has 1 aromatic carbocycles. The average molecular weight is 479 g/mol. The average Bonchev–Trinajstić information content (AvgIpc) is 3.22. The van der Waals surface area contributed by atoms with Crippen molar-refractivity contribution in [1.29, 1.82) is 0 Å². The van der Waals surface area contributed by atoms with Crippen molar-refractivity contribution in [1.82, 2.24) is 14.7 Å². The number of carbonyl (C=O) groups excluding carboxylic acids is 2. The van der Waals surface area contributed by atoms with Gasteiger partial charge in [-0.15, -0.1) is 0 Å². The summed E-state index contributed by atoms with van der Waals surface area (Å²) >= 11 is 6.15. The summed E-state index contributed by atoms with van der Waals surface area (Å²) in [5, 5.41) is 18.8. The van der Waals surface area contributed by atoms with E-state index in [1.807, 2.05) is 40.7 Å². The van der Waals surface area contributed by atoms with Gasteiger partial charge >= 0.3 is 5.91 Å². The number of aromatic nitrogens is 3. The fraction of sp³-hybridized carbons (Fsp3) is 0.308. The second-order valence-corrected chi connectivity index (χ2v) is 9.33. The van der Waals surface area contributed by atoms with Gasteiger partial charge in [0.15, 0.2) is 12.4 Å². The van der Waals surface area contributed by atoms with Gasteiger partial charge in [0.2, 0.25) is 0 Å². The number of benzene rings is 1. The van der Waals surface area contributed by atoms with Crippen LogP contribution in [0.3, 0.4) is 0 Å². The van der Waals surface area contributed by atoms with Crippen molar-refractivity contribution in [3.63, 3.8) is 0 Å². The van der Waals surface area contributed by atoms with Crippen LogP contribution in [0.25, 0.3) is 17.0 Å². The van der Waals surface area contributed by atoms with Crippen LogP contribution in [0.2, 0.25) is 5.02 Å². The Morgan fingerprint density at radius 1 is 1.09 bits per heavy atom. The topological polar surface area (TPSA) is 82.1 Å². The summed E-state index contributed by atoms with van der Waals surface area (Å²) in [6, 6.07) is 8.80. The molecule has 2 amide bonds. The van der Waals surface area contributed by atoms with Gasteiger partial charge in [0, 0.05) is 28.3 Å². The molecule has 0 spiro atoms. The standard InChI is InChI=1S/C26H27ClN4O3/c1-6-10-30-24(32)21(23(26(30)34)29-13-16(4)11-17(5)14-29)20-22(15(2)3)28-31(25(20)33)19-9-7-8-18(27)12-19/h7-9,11-15H,6,10H2,1-5H3. The number of hydrogen-bond donors (Lipinski definition) is 0. The lowest BCUT2D eigenvalue weighted by molar-refractivity contribution is -0.577. The van der Waals surface area contributed by atoms with Gasteiger partial charge in [0.1, 0.15) is 5.57 Å². The molecule has 7 nitrogen and oxygen atoms in total. The monoisotopic (exact) mass is 478 g/mol. The van der Waals surface area contributed by atoms with Crippen molar-refractivity contribution < 1.29 is 19.3 Å². The molecule has 1 aliphatic rings. The first-order valence-corrected chi connectivity index (χ1v) is 11.7. The highest BCUT2D eigenvalue weighted by molar-refractivity contribution is 6.45. The molecule has 8 heteroatoms. The lowest BCUT2D eigenvalue weighted by atomic mass is 9.98. The predicted octanol–water partition coefficient (Wildman–Crippen LogP) is 3.77. The Balaban J connectivity index is 2.05. The lowest BCUT2D eigenvalue weighted by Gasteiger charge is -2.15. The Hall–Kier alpha value is -3.45. The van der Waals surface area contributed by atoms with Crippen molar-refractivity contribution in [2.75, 3.05) is 6.54 Å². The van der Waals surface area contributed by atoms with Crippen LogP contribution >= 0.6 is 11.6 Å². The maximum absolute atomic E-state index is 13.8. The minimum Gasteiger partial charge on any atom is -0.858 e. The molecular weight excluding hydrogens is 452 g/mol. The third kappa shape index (κ3) is 4.01. The molecule has 0 saturated carbocycles. The van der Waals surface area contributed by atoms with Crippen molar-refractivity contribution in [3.05, 3.63) is 70.1 Å². The Bertz CT molecular complexity index is 1320. The molecule has 0 saturated heterocycles. The molecule has 3 heterocycles. The van der Waals surface area contributed by atoms with Crippen molar-refractivity contribution >= 4 is 34.7 Å². The summed E-state index contributed by atoms with van der Waals surface area (Å²) < 4.78 is 2.92. The molecule has 0 N–H and O–H groups in total. The van der Waals surface area contributed by atoms with Gasteiger partial charge in [-0.2, -0.15) is 9.67 Å². The van der Waals surface area contributed by atoms with Crippen LogP contribution in [0, 0.1) is 13.8 Å². The highest BCUT2D eigenvalue weighted by Gasteiger charge is 2.46. The van der Waals surface area contributed by atoms with Gasteiger partial charge in [0.05, 0.1) is 11.4 Å². The van der Waals surface area contributed by atoms with Crippen molar-refractivity contribution in [2.24, 2.45) is 0 Å². The van der Waals surface area contributed by atoms with Crippen molar-refractivity contribution in [3.8, 4) is 11.6 Å². The maximum atomic E-state index is 13.8. The highest BCUT2D eigenvalue weighted by atomic mass is 35.5. The Morgan fingerprint density at radius 2 is 1.76 bits per heavy atom. The molecule has 4 rings (SSSR count). The summed E-state index contributed by atoms with van der Waals surface area (Å²) in [5.74, 6) is -1.51. The van der Waals surface area contributed by atoms with Crippen LogP contribution in [0.5, 0.6) is 5.88 Å². The number of amides is 2. The zero-order valence-electron chi connectivity index (χ0n) is 19.9. The summed E-state index contributed by atoms with van der Waals surface area (Å²) in [6.45, 7) is 9.82. The minimum atomic E-state index is -0.474. The fourth-order valence-corrected chi connectivity index (χ4v) is 4.52. The predicted molar refractivity (Wildman–Crippen MR) is 128 cm³/mol. The van der Waals surface area contributed by atoms with E-state index < -0.39 is 17.7 Å². The van der Waals surface area contributed by atoms with Crippen LogP contribution in [-0.4, -0.2) is 33.0 Å². The van der Waals surface area contributed by atoms with Gasteiger partial charge < -0.3 is 5.11 Å². The summed E-state index contributed by atoms with van der Waals surface area (Å²) in [6.07, 6.45) is 4.20. The molecule has 0 radical (unpaired) electrons. The first-order chi connectivity index (χ1) is 16.1. The molecule has 2 aromatic heterocycles. The molecular formula is C26H27ClN4O3. The highest BCUT2D eigenvalue weighted by Crippen LogP contribution is 2.39. The lowest BCUT2D eigenvalue weighted by Crippen LogP contribution is -2.40. The molecule has 0 unspecified atom stereocenters. The van der Waals surface area contributed by atoms with Gasteiger partial charge in [-0.05, 0) is 56.3 Å². The third-order valence-corrected chi connectivity index (χ3v) is 5.94. The number of hydrogen-bond acceptors (Lipinski definition) is 4. The Kier molecular flexibility index (Phi) is 6.32. The van der Waals surface area contributed by atoms with Gasteiger partial charge in [0.25, 0.3) is 11.6 Å². The van der Waals surface area contributed by atoms with Crippen LogP contribution in [0.15, 0.2) is 42.7 Å². The summed E-state index contributed by atoms with van der Waals surface area (Å²) in [4.78, 5) is 28.3. The van der Waals surface area contributed by atoms with E-state index in [0.717, 1.165) is 11.1 Å². The molecule has 3 aromatic rings. The summed E-state index contributed by atoms with van der Waals surface area (Å²) in [5.41, 5.74) is 3.25. The number of carbonyl (C=O) groups is 2. The molecule has 0 atom stereocenters. The van der Waals surface area contributed by atoms with Crippen LogP contribution in [0.1, 0.15) is 55.5 Å². The van der Waals surface area contributed by atoms with E-state index in [2.05, 4.69) is 5.10 Å². The number of aryl methyl sites for hydroxylation is 2. The Morgan fingerprint density at radius 3 is 2.35 bits per heavy atom. The second-order valence-electron chi connectivity index (χ2n) is 8.90. The van der Waals surface area contributed by atoms with Crippen LogP contribution < -0.4 is 9.67 Å². The smallest absolute Gasteiger partial charge is 0.326 e. The number of imide groups is 1. The summed E-state index contributed by atoms with van der Waals surface area (Å²) in [7, 11) is 0. The first-order valence-electron chi connectivity index (χ1n) is 11.3. The van der Waals surface area contributed by atoms with E-state index in [4.69, 9.17) is 11.6 Å². The van der Waals surface area contributed by atoms with Gasteiger partial charge in [-0.1, -0.05) is 38.4 Å². The quantitative estimate of drug-likeness (QED) is 0.399. The fourth-order valence-electron chi connectivity index (χ4n) is 4.33. The molecule has 0 aliphatic carbocycles. The number of pyridine rings is 1. The van der Waals surface area contributed by atoms with Crippen molar-refractivity contribution in [2.45, 2.75) is 47.0 Å². The Labute approximate surface area is 203 Å². The van der Waals surface area contributed by atoms with E-state index >= 15 is 0 Å². The van der Waals surface area contributed by atoms with E-state index in [-0.39, 0.29) is 29.3 Å². The van der Waals surface area contributed by atoms with Gasteiger partial charge in [-0.25, -0.2) is 4.68 Å². The van der Waals surface area contributed by atoms with Gasteiger partial charge in [-0.3, -0.25) is 14.5 Å². The second kappa shape index (κ2) is 9.06. The third-order valence-electron chi connectivity index (χ3n) is 5.71. The van der Waals surface area contributed by atoms with E-state index in [9.17, 15) is 14.7 Å².